The van der Waals surface area contributed by atoms with Crippen molar-refractivity contribution < 1.29 is 14.1 Å². The van der Waals surface area contributed by atoms with E-state index in [4.69, 9.17) is 27.9 Å². The van der Waals surface area contributed by atoms with E-state index in [9.17, 15) is 14.5 Å². The Labute approximate surface area is 117 Å². The van der Waals surface area contributed by atoms with Crippen molar-refractivity contribution >= 4 is 28.9 Å². The highest BCUT2D eigenvalue weighted by molar-refractivity contribution is 6.38. The summed E-state index contributed by atoms with van der Waals surface area (Å²) in [7, 11) is 0. The largest absolute Gasteiger partial charge is 0.454 e. The van der Waals surface area contributed by atoms with Crippen molar-refractivity contribution in [2.75, 3.05) is 0 Å². The molecule has 2 aromatic rings. The van der Waals surface area contributed by atoms with Crippen LogP contribution in [-0.4, -0.2) is 4.92 Å². The third kappa shape index (κ3) is 2.94. The van der Waals surface area contributed by atoms with Crippen molar-refractivity contribution in [1.29, 1.82) is 0 Å². The Balaban J connectivity index is 2.38. The minimum atomic E-state index is -0.697. The summed E-state index contributed by atoms with van der Waals surface area (Å²) in [4.78, 5) is 10.0. The number of hydrogen-bond donors (Lipinski definition) is 0. The van der Waals surface area contributed by atoms with Gasteiger partial charge in [-0.3, -0.25) is 10.1 Å². The number of benzene rings is 2. The third-order valence-electron chi connectivity index (χ3n) is 2.24. The maximum Gasteiger partial charge on any atom is 0.306 e. The van der Waals surface area contributed by atoms with Gasteiger partial charge in [-0.15, -0.1) is 0 Å². The number of para-hydroxylation sites is 1. The molecule has 0 aliphatic heterocycles. The van der Waals surface area contributed by atoms with Crippen LogP contribution >= 0.6 is 23.2 Å². The van der Waals surface area contributed by atoms with Gasteiger partial charge in [-0.25, -0.2) is 4.39 Å². The molecule has 0 radical (unpaired) electrons. The van der Waals surface area contributed by atoms with Gasteiger partial charge in [-0.2, -0.15) is 0 Å². The Bertz CT molecular complexity index is 626. The molecule has 0 saturated heterocycles. The summed E-state index contributed by atoms with van der Waals surface area (Å²) in [5, 5.41) is 10.3. The molecule has 0 spiro atoms. The molecule has 7 heteroatoms. The predicted molar refractivity (Wildman–Crippen MR) is 69.6 cm³/mol. The summed E-state index contributed by atoms with van der Waals surface area (Å²) in [6, 6.07) is 8.16. The second-order valence-electron chi connectivity index (χ2n) is 3.53. The summed E-state index contributed by atoms with van der Waals surface area (Å²) < 4.78 is 18.6. The van der Waals surface area contributed by atoms with E-state index in [1.807, 2.05) is 0 Å². The summed E-state index contributed by atoms with van der Waals surface area (Å²) in [6.07, 6.45) is 0. The monoisotopic (exact) mass is 301 g/mol. The van der Waals surface area contributed by atoms with Gasteiger partial charge in [0.2, 0.25) is 0 Å². The van der Waals surface area contributed by atoms with Gasteiger partial charge in [-0.1, -0.05) is 35.3 Å². The Morgan fingerprint density at radius 2 is 1.74 bits per heavy atom. The number of nitrogens with zero attached hydrogens (tertiary/aromatic N) is 1. The van der Waals surface area contributed by atoms with Crippen LogP contribution in [0.25, 0.3) is 0 Å². The van der Waals surface area contributed by atoms with Gasteiger partial charge in [0, 0.05) is 12.1 Å². The maximum atomic E-state index is 13.4. The van der Waals surface area contributed by atoms with E-state index in [0.717, 1.165) is 0 Å². The Hall–Kier alpha value is -1.85. The average Bonchev–Trinajstić information content (AvgIpc) is 2.30. The van der Waals surface area contributed by atoms with Crippen molar-refractivity contribution in [3.63, 3.8) is 0 Å². The van der Waals surface area contributed by atoms with E-state index >= 15 is 0 Å². The fourth-order valence-corrected chi connectivity index (χ4v) is 2.04. The van der Waals surface area contributed by atoms with Crippen LogP contribution in [0.1, 0.15) is 0 Å². The average molecular weight is 302 g/mol. The van der Waals surface area contributed by atoms with Crippen molar-refractivity contribution in [2.24, 2.45) is 0 Å². The SMILES string of the molecule is O=[N+]([O-])c1c(Cl)cc(Oc2ccccc2F)cc1Cl. The zero-order chi connectivity index (χ0) is 14.0. The molecule has 0 heterocycles. The minimum Gasteiger partial charge on any atom is -0.454 e. The Kier molecular flexibility index (Phi) is 3.87. The first-order valence-electron chi connectivity index (χ1n) is 5.05. The number of ether oxygens (including phenoxy) is 1. The molecule has 2 rings (SSSR count). The molecule has 0 aliphatic rings. The van der Waals surface area contributed by atoms with Gasteiger partial charge in [0.1, 0.15) is 15.8 Å². The summed E-state index contributed by atoms with van der Waals surface area (Å²) in [6.45, 7) is 0. The smallest absolute Gasteiger partial charge is 0.306 e. The molecule has 0 atom stereocenters. The molecular formula is C12H6Cl2FNO3. The molecule has 0 bridgehead atoms. The lowest BCUT2D eigenvalue weighted by Gasteiger charge is -2.07. The zero-order valence-electron chi connectivity index (χ0n) is 9.27. The number of hydrogen-bond acceptors (Lipinski definition) is 3. The van der Waals surface area contributed by atoms with Crippen LogP contribution in [0.4, 0.5) is 10.1 Å². The second-order valence-corrected chi connectivity index (χ2v) is 4.34. The van der Waals surface area contributed by atoms with E-state index < -0.39 is 16.4 Å². The zero-order valence-corrected chi connectivity index (χ0v) is 10.8. The van der Waals surface area contributed by atoms with Crippen molar-refractivity contribution in [1.82, 2.24) is 0 Å². The molecule has 0 aromatic heterocycles. The maximum absolute atomic E-state index is 13.4. The number of rotatable bonds is 3. The van der Waals surface area contributed by atoms with Gasteiger partial charge < -0.3 is 4.74 Å². The van der Waals surface area contributed by atoms with E-state index in [2.05, 4.69) is 0 Å². The Morgan fingerprint density at radius 1 is 1.16 bits per heavy atom. The predicted octanol–water partition coefficient (Wildman–Crippen LogP) is 4.83. The standard InChI is InChI=1S/C12H6Cl2FNO3/c13-8-5-7(6-9(14)12(8)16(17)18)19-11-4-2-1-3-10(11)15/h1-6H. The fraction of sp³-hybridized carbons (Fsp3) is 0. The summed E-state index contributed by atoms with van der Waals surface area (Å²) in [5.74, 6) is -0.470. The highest BCUT2D eigenvalue weighted by atomic mass is 35.5. The molecule has 0 unspecified atom stereocenters. The van der Waals surface area contributed by atoms with Gasteiger partial charge in [0.25, 0.3) is 0 Å². The molecule has 19 heavy (non-hydrogen) atoms. The third-order valence-corrected chi connectivity index (χ3v) is 2.81. The van der Waals surface area contributed by atoms with Crippen molar-refractivity contribution in [2.45, 2.75) is 0 Å². The first-order valence-corrected chi connectivity index (χ1v) is 5.80. The van der Waals surface area contributed by atoms with Crippen LogP contribution < -0.4 is 4.74 Å². The fourth-order valence-electron chi connectivity index (χ4n) is 1.43. The van der Waals surface area contributed by atoms with Gasteiger partial charge in [0.15, 0.2) is 11.6 Å². The molecule has 4 nitrogen and oxygen atoms in total. The summed E-state index contributed by atoms with van der Waals surface area (Å²) in [5.41, 5.74) is -0.413. The van der Waals surface area contributed by atoms with Crippen molar-refractivity contribution in [3.8, 4) is 11.5 Å². The first-order chi connectivity index (χ1) is 8.99. The molecular weight excluding hydrogens is 296 g/mol. The van der Waals surface area contributed by atoms with E-state index in [1.165, 1.54) is 30.3 Å². The van der Waals surface area contributed by atoms with E-state index in [-0.39, 0.29) is 21.5 Å². The van der Waals surface area contributed by atoms with Crippen molar-refractivity contribution in [3.05, 3.63) is 62.4 Å². The van der Waals surface area contributed by atoms with Gasteiger partial charge in [0.05, 0.1) is 4.92 Å². The highest BCUT2D eigenvalue weighted by Crippen LogP contribution is 2.38. The number of nitro groups is 1. The highest BCUT2D eigenvalue weighted by Gasteiger charge is 2.19. The van der Waals surface area contributed by atoms with Crippen LogP contribution in [0.2, 0.25) is 10.0 Å². The minimum absolute atomic E-state index is 0.0245. The molecule has 0 amide bonds. The summed E-state index contributed by atoms with van der Waals surface area (Å²) >= 11 is 11.5. The lowest BCUT2D eigenvalue weighted by Crippen LogP contribution is -1.93. The second kappa shape index (κ2) is 5.42. The normalized spacial score (nSPS) is 10.3. The first kappa shape index (κ1) is 13.6. The van der Waals surface area contributed by atoms with E-state index in [0.29, 0.717) is 0 Å². The van der Waals surface area contributed by atoms with Crippen LogP contribution in [-0.2, 0) is 0 Å². The Morgan fingerprint density at radius 3 is 2.26 bits per heavy atom. The van der Waals surface area contributed by atoms with Crippen LogP contribution in [0.15, 0.2) is 36.4 Å². The topological polar surface area (TPSA) is 52.4 Å². The molecule has 2 aromatic carbocycles. The van der Waals surface area contributed by atoms with E-state index in [1.54, 1.807) is 6.07 Å². The quantitative estimate of drug-likeness (QED) is 0.602. The van der Waals surface area contributed by atoms with Crippen LogP contribution in [0.3, 0.4) is 0 Å². The molecule has 0 saturated carbocycles. The lowest BCUT2D eigenvalue weighted by molar-refractivity contribution is -0.384. The van der Waals surface area contributed by atoms with Crippen LogP contribution in [0, 0.1) is 15.9 Å². The molecule has 98 valence electrons. The lowest BCUT2D eigenvalue weighted by atomic mass is 10.3. The van der Waals surface area contributed by atoms with Crippen LogP contribution in [0.5, 0.6) is 11.5 Å². The molecule has 0 aliphatic carbocycles. The van der Waals surface area contributed by atoms with Gasteiger partial charge >= 0.3 is 5.69 Å². The van der Waals surface area contributed by atoms with Gasteiger partial charge in [-0.05, 0) is 12.1 Å². The molecule has 0 fully saturated rings. The molecule has 0 N–H and O–H groups in total. The number of halogens is 3. The number of nitro benzene ring substituents is 1.